The molecule has 0 spiro atoms. The Balaban J connectivity index is 1.53. The topological polar surface area (TPSA) is 50.1 Å². The third-order valence-electron chi connectivity index (χ3n) is 5.83. The molecule has 128 valence electrons. The standard InChI is InChI=1S/C21H27NO2/c1-15-2-6-17(7-3-15)18-10-12-20(13-11-18)24-21(23)19-8-4-16(14-22)5-9-19/h10-13,15-17,19H,2-9H2,1H3. The predicted octanol–water partition coefficient (Wildman–Crippen LogP) is 5.22. The van der Waals surface area contributed by atoms with Crippen LogP contribution in [0.4, 0.5) is 0 Å². The highest BCUT2D eigenvalue weighted by molar-refractivity contribution is 5.75. The monoisotopic (exact) mass is 325 g/mol. The van der Waals surface area contributed by atoms with Crippen molar-refractivity contribution in [1.29, 1.82) is 5.26 Å². The lowest BCUT2D eigenvalue weighted by Gasteiger charge is -2.26. The Labute approximate surface area is 145 Å². The average molecular weight is 325 g/mol. The molecule has 3 nitrogen and oxygen atoms in total. The molecule has 0 unspecified atom stereocenters. The Hall–Kier alpha value is -1.82. The van der Waals surface area contributed by atoms with Gasteiger partial charge in [0, 0.05) is 5.92 Å². The molecule has 2 aliphatic carbocycles. The third kappa shape index (κ3) is 4.17. The molecule has 1 aromatic carbocycles. The van der Waals surface area contributed by atoms with Crippen LogP contribution in [0, 0.1) is 29.1 Å². The first-order valence-electron chi connectivity index (χ1n) is 9.37. The summed E-state index contributed by atoms with van der Waals surface area (Å²) in [4.78, 5) is 12.3. The van der Waals surface area contributed by atoms with E-state index in [9.17, 15) is 4.79 Å². The van der Waals surface area contributed by atoms with Crippen LogP contribution in [-0.4, -0.2) is 5.97 Å². The van der Waals surface area contributed by atoms with Crippen molar-refractivity contribution in [3.63, 3.8) is 0 Å². The van der Waals surface area contributed by atoms with E-state index >= 15 is 0 Å². The lowest BCUT2D eigenvalue weighted by atomic mass is 9.79. The predicted molar refractivity (Wildman–Crippen MR) is 93.5 cm³/mol. The van der Waals surface area contributed by atoms with Crippen LogP contribution in [0.5, 0.6) is 5.75 Å². The van der Waals surface area contributed by atoms with E-state index in [4.69, 9.17) is 10.00 Å². The summed E-state index contributed by atoms with van der Waals surface area (Å²) in [5.41, 5.74) is 1.37. The minimum Gasteiger partial charge on any atom is -0.426 e. The van der Waals surface area contributed by atoms with E-state index in [1.807, 2.05) is 12.1 Å². The molecule has 0 heterocycles. The second kappa shape index (κ2) is 7.83. The maximum Gasteiger partial charge on any atom is 0.314 e. The maximum atomic E-state index is 12.3. The first-order chi connectivity index (χ1) is 11.7. The van der Waals surface area contributed by atoms with E-state index in [1.165, 1.54) is 31.2 Å². The minimum atomic E-state index is -0.134. The Morgan fingerprint density at radius 1 is 1.00 bits per heavy atom. The highest BCUT2D eigenvalue weighted by atomic mass is 16.5. The smallest absolute Gasteiger partial charge is 0.314 e. The van der Waals surface area contributed by atoms with Crippen molar-refractivity contribution in [1.82, 2.24) is 0 Å². The summed E-state index contributed by atoms with van der Waals surface area (Å²) in [7, 11) is 0. The molecule has 0 amide bonds. The minimum absolute atomic E-state index is 0.0471. The summed E-state index contributed by atoms with van der Waals surface area (Å²) in [6.07, 6.45) is 8.33. The molecular formula is C21H27NO2. The zero-order valence-corrected chi connectivity index (χ0v) is 14.5. The molecule has 1 aromatic rings. The van der Waals surface area contributed by atoms with Crippen molar-refractivity contribution >= 4 is 5.97 Å². The van der Waals surface area contributed by atoms with E-state index in [0.29, 0.717) is 11.7 Å². The van der Waals surface area contributed by atoms with Gasteiger partial charge in [0.25, 0.3) is 0 Å². The third-order valence-corrected chi connectivity index (χ3v) is 5.83. The molecular weight excluding hydrogens is 298 g/mol. The van der Waals surface area contributed by atoms with Gasteiger partial charge in [0.15, 0.2) is 0 Å². The summed E-state index contributed by atoms with van der Waals surface area (Å²) < 4.78 is 5.56. The fraction of sp³-hybridized carbons (Fsp3) is 0.619. The summed E-state index contributed by atoms with van der Waals surface area (Å²) in [5.74, 6) is 2.10. The van der Waals surface area contributed by atoms with Crippen LogP contribution in [0.1, 0.15) is 69.8 Å². The Morgan fingerprint density at radius 2 is 1.62 bits per heavy atom. The number of benzene rings is 1. The van der Waals surface area contributed by atoms with Gasteiger partial charge in [-0.3, -0.25) is 4.79 Å². The molecule has 24 heavy (non-hydrogen) atoms. The van der Waals surface area contributed by atoms with Gasteiger partial charge in [-0.15, -0.1) is 0 Å². The summed E-state index contributed by atoms with van der Waals surface area (Å²) in [6.45, 7) is 2.34. The van der Waals surface area contributed by atoms with Gasteiger partial charge in [-0.05, 0) is 68.1 Å². The SMILES string of the molecule is CC1CCC(c2ccc(OC(=O)C3CCC(C#N)CC3)cc2)CC1. The normalized spacial score (nSPS) is 30.3. The lowest BCUT2D eigenvalue weighted by Crippen LogP contribution is -2.25. The molecule has 0 saturated heterocycles. The van der Waals surface area contributed by atoms with Crippen molar-refractivity contribution in [2.75, 3.05) is 0 Å². The van der Waals surface area contributed by atoms with Crippen LogP contribution in [0.25, 0.3) is 0 Å². The number of rotatable bonds is 3. The van der Waals surface area contributed by atoms with Crippen LogP contribution in [0.15, 0.2) is 24.3 Å². The second-order valence-corrected chi connectivity index (χ2v) is 7.62. The van der Waals surface area contributed by atoms with Crippen LogP contribution in [0.2, 0.25) is 0 Å². The van der Waals surface area contributed by atoms with E-state index in [-0.39, 0.29) is 17.8 Å². The van der Waals surface area contributed by atoms with Gasteiger partial charge >= 0.3 is 5.97 Å². The fourth-order valence-electron chi connectivity index (χ4n) is 4.06. The molecule has 3 rings (SSSR count). The van der Waals surface area contributed by atoms with Crippen molar-refractivity contribution in [2.45, 2.75) is 64.2 Å². The van der Waals surface area contributed by atoms with Crippen molar-refractivity contribution in [2.24, 2.45) is 17.8 Å². The van der Waals surface area contributed by atoms with Crippen LogP contribution < -0.4 is 4.74 Å². The largest absolute Gasteiger partial charge is 0.426 e. The first-order valence-corrected chi connectivity index (χ1v) is 9.37. The van der Waals surface area contributed by atoms with E-state index in [2.05, 4.69) is 25.1 Å². The van der Waals surface area contributed by atoms with Crippen LogP contribution >= 0.6 is 0 Å². The van der Waals surface area contributed by atoms with Gasteiger partial charge in [0.2, 0.25) is 0 Å². The number of carbonyl (C=O) groups is 1. The first kappa shape index (κ1) is 17.0. The molecule has 0 atom stereocenters. The molecule has 0 aromatic heterocycles. The van der Waals surface area contributed by atoms with Gasteiger partial charge in [-0.1, -0.05) is 31.9 Å². The quantitative estimate of drug-likeness (QED) is 0.566. The average Bonchev–Trinajstić information content (AvgIpc) is 2.63. The Morgan fingerprint density at radius 3 is 2.21 bits per heavy atom. The number of nitriles is 1. The molecule has 0 aliphatic heterocycles. The van der Waals surface area contributed by atoms with Crippen LogP contribution in [-0.2, 0) is 4.79 Å². The Kier molecular flexibility index (Phi) is 5.56. The molecule has 2 saturated carbocycles. The lowest BCUT2D eigenvalue weighted by molar-refractivity contribution is -0.140. The number of hydrogen-bond donors (Lipinski definition) is 0. The number of esters is 1. The fourth-order valence-corrected chi connectivity index (χ4v) is 4.06. The maximum absolute atomic E-state index is 12.3. The number of carbonyl (C=O) groups excluding carboxylic acids is 1. The highest BCUT2D eigenvalue weighted by Crippen LogP contribution is 2.36. The second-order valence-electron chi connectivity index (χ2n) is 7.62. The molecule has 2 aliphatic rings. The van der Waals surface area contributed by atoms with E-state index in [0.717, 1.165) is 31.6 Å². The molecule has 0 radical (unpaired) electrons. The molecule has 3 heteroatoms. The van der Waals surface area contributed by atoms with Crippen molar-refractivity contribution in [3.05, 3.63) is 29.8 Å². The number of ether oxygens (including phenoxy) is 1. The summed E-state index contributed by atoms with van der Waals surface area (Å²) >= 11 is 0. The van der Waals surface area contributed by atoms with Crippen molar-refractivity contribution < 1.29 is 9.53 Å². The van der Waals surface area contributed by atoms with Crippen molar-refractivity contribution in [3.8, 4) is 11.8 Å². The number of hydrogen-bond acceptors (Lipinski definition) is 3. The zero-order valence-electron chi connectivity index (χ0n) is 14.5. The van der Waals surface area contributed by atoms with Gasteiger partial charge < -0.3 is 4.74 Å². The molecule has 0 N–H and O–H groups in total. The van der Waals surface area contributed by atoms with E-state index < -0.39 is 0 Å². The molecule has 0 bridgehead atoms. The number of nitrogens with zero attached hydrogens (tertiary/aromatic N) is 1. The zero-order chi connectivity index (χ0) is 16.9. The Bertz CT molecular complexity index is 585. The van der Waals surface area contributed by atoms with Gasteiger partial charge in [0.05, 0.1) is 12.0 Å². The molecule has 2 fully saturated rings. The summed E-state index contributed by atoms with van der Waals surface area (Å²) in [6, 6.07) is 10.4. The van der Waals surface area contributed by atoms with Crippen LogP contribution in [0.3, 0.4) is 0 Å². The van der Waals surface area contributed by atoms with E-state index in [1.54, 1.807) is 0 Å². The van der Waals surface area contributed by atoms with Gasteiger partial charge in [-0.2, -0.15) is 5.26 Å². The summed E-state index contributed by atoms with van der Waals surface area (Å²) in [5, 5.41) is 8.93. The van der Waals surface area contributed by atoms with Gasteiger partial charge in [-0.25, -0.2) is 0 Å². The van der Waals surface area contributed by atoms with Gasteiger partial charge in [0.1, 0.15) is 5.75 Å². The highest BCUT2D eigenvalue weighted by Gasteiger charge is 2.27.